The Balaban J connectivity index is 1.50. The molecule has 3 aromatic rings. The molecule has 0 bridgehead atoms. The number of rotatable bonds is 6. The van der Waals surface area contributed by atoms with Crippen LogP contribution in [0.15, 0.2) is 76.5 Å². The fourth-order valence-corrected chi connectivity index (χ4v) is 2.27. The van der Waals surface area contributed by atoms with Crippen LogP contribution in [0.5, 0.6) is 0 Å². The van der Waals surface area contributed by atoms with E-state index in [1.54, 1.807) is 24.5 Å². The molecule has 5 heteroatoms. The summed E-state index contributed by atoms with van der Waals surface area (Å²) >= 11 is 0. The first-order valence-corrected chi connectivity index (χ1v) is 7.56. The maximum Gasteiger partial charge on any atom is 0.259 e. The van der Waals surface area contributed by atoms with Crippen LogP contribution in [0.4, 0.5) is 5.69 Å². The molecule has 0 unspecified atom stereocenters. The lowest BCUT2D eigenvalue weighted by molar-refractivity contribution is -0.119. The van der Waals surface area contributed by atoms with Gasteiger partial charge in [-0.25, -0.2) is 5.43 Å². The van der Waals surface area contributed by atoms with E-state index in [1.807, 2.05) is 48.5 Å². The molecule has 3 rings (SSSR count). The van der Waals surface area contributed by atoms with Gasteiger partial charge in [0.2, 0.25) is 0 Å². The molecular formula is C19H17N3O2. The fourth-order valence-electron chi connectivity index (χ4n) is 2.27. The molecular weight excluding hydrogens is 302 g/mol. The number of nitrogens with zero attached hydrogens (tertiary/aromatic N) is 1. The second kappa shape index (κ2) is 7.78. The van der Waals surface area contributed by atoms with Gasteiger partial charge >= 0.3 is 0 Å². The molecule has 0 saturated carbocycles. The number of hydrogen-bond donors (Lipinski definition) is 2. The molecule has 1 heterocycles. The average molecular weight is 319 g/mol. The zero-order valence-corrected chi connectivity index (χ0v) is 13.0. The van der Waals surface area contributed by atoms with E-state index in [1.165, 1.54) is 6.21 Å². The number of amides is 1. The highest BCUT2D eigenvalue weighted by Crippen LogP contribution is 2.22. The van der Waals surface area contributed by atoms with E-state index in [0.29, 0.717) is 0 Å². The number of carbonyl (C=O) groups excluding carboxylic acids is 1. The zero-order chi connectivity index (χ0) is 16.6. The Morgan fingerprint density at radius 2 is 1.96 bits per heavy atom. The van der Waals surface area contributed by atoms with Gasteiger partial charge in [-0.2, -0.15) is 5.10 Å². The van der Waals surface area contributed by atoms with Gasteiger partial charge in [0, 0.05) is 17.3 Å². The van der Waals surface area contributed by atoms with Gasteiger partial charge in [0.1, 0.15) is 5.76 Å². The first-order chi connectivity index (χ1) is 11.8. The standard InChI is InChI=1S/C19H17N3O2/c23-19(22-21-12-4-8-16-9-5-13-24-16)14-20-18-11-3-7-15-6-1-2-10-17(15)18/h1-13,20H,14H2,(H,22,23)/b8-4+,21-12+. The average Bonchev–Trinajstić information content (AvgIpc) is 3.13. The predicted octanol–water partition coefficient (Wildman–Crippen LogP) is 3.66. The molecule has 0 radical (unpaired) electrons. The molecule has 2 aromatic carbocycles. The van der Waals surface area contributed by atoms with Crippen molar-refractivity contribution in [1.82, 2.24) is 5.43 Å². The molecule has 0 saturated heterocycles. The van der Waals surface area contributed by atoms with Gasteiger partial charge in [-0.05, 0) is 35.7 Å². The molecule has 1 amide bonds. The number of benzene rings is 2. The van der Waals surface area contributed by atoms with Gasteiger partial charge < -0.3 is 9.73 Å². The van der Waals surface area contributed by atoms with Gasteiger partial charge in [-0.15, -0.1) is 0 Å². The van der Waals surface area contributed by atoms with Crippen LogP contribution in [-0.4, -0.2) is 18.7 Å². The van der Waals surface area contributed by atoms with Crippen molar-refractivity contribution < 1.29 is 9.21 Å². The number of furan rings is 1. The van der Waals surface area contributed by atoms with Gasteiger partial charge in [0.05, 0.1) is 12.8 Å². The fraction of sp³-hybridized carbons (Fsp3) is 0.0526. The van der Waals surface area contributed by atoms with E-state index in [4.69, 9.17) is 4.42 Å². The lowest BCUT2D eigenvalue weighted by atomic mass is 10.1. The Kier molecular flexibility index (Phi) is 5.04. The first-order valence-electron chi connectivity index (χ1n) is 7.56. The Morgan fingerprint density at radius 3 is 2.83 bits per heavy atom. The zero-order valence-electron chi connectivity index (χ0n) is 13.0. The number of allylic oxidation sites excluding steroid dienone is 1. The van der Waals surface area contributed by atoms with Crippen LogP contribution >= 0.6 is 0 Å². The van der Waals surface area contributed by atoms with Crippen molar-refractivity contribution in [2.45, 2.75) is 0 Å². The molecule has 120 valence electrons. The highest BCUT2D eigenvalue weighted by atomic mass is 16.3. The summed E-state index contributed by atoms with van der Waals surface area (Å²) in [7, 11) is 0. The van der Waals surface area contributed by atoms with E-state index < -0.39 is 0 Å². The Hall–Kier alpha value is -3.34. The summed E-state index contributed by atoms with van der Waals surface area (Å²) in [6, 6.07) is 17.6. The van der Waals surface area contributed by atoms with Crippen LogP contribution < -0.4 is 10.7 Å². The van der Waals surface area contributed by atoms with Crippen molar-refractivity contribution in [2.75, 3.05) is 11.9 Å². The van der Waals surface area contributed by atoms with Gasteiger partial charge in [-0.3, -0.25) is 4.79 Å². The lowest BCUT2D eigenvalue weighted by Gasteiger charge is -2.08. The molecule has 0 spiro atoms. The van der Waals surface area contributed by atoms with Crippen molar-refractivity contribution in [3.63, 3.8) is 0 Å². The molecule has 0 fully saturated rings. The van der Waals surface area contributed by atoms with Crippen LogP contribution in [0, 0.1) is 0 Å². The summed E-state index contributed by atoms with van der Waals surface area (Å²) in [4.78, 5) is 11.8. The van der Waals surface area contributed by atoms with Crippen molar-refractivity contribution in [3.05, 3.63) is 72.7 Å². The second-order valence-electron chi connectivity index (χ2n) is 5.07. The highest BCUT2D eigenvalue weighted by Gasteiger charge is 2.02. The monoisotopic (exact) mass is 319 g/mol. The quantitative estimate of drug-likeness (QED) is 0.538. The van der Waals surface area contributed by atoms with Crippen LogP contribution in [-0.2, 0) is 4.79 Å². The molecule has 0 atom stereocenters. The van der Waals surface area contributed by atoms with E-state index in [2.05, 4.69) is 15.8 Å². The molecule has 0 aliphatic carbocycles. The Morgan fingerprint density at radius 1 is 1.08 bits per heavy atom. The van der Waals surface area contributed by atoms with Crippen LogP contribution in [0.25, 0.3) is 16.8 Å². The minimum absolute atomic E-state index is 0.146. The number of nitrogens with one attached hydrogen (secondary N) is 2. The summed E-state index contributed by atoms with van der Waals surface area (Å²) in [5.74, 6) is 0.510. The van der Waals surface area contributed by atoms with Gasteiger partial charge in [-0.1, -0.05) is 36.4 Å². The molecule has 0 aliphatic heterocycles. The van der Waals surface area contributed by atoms with E-state index in [-0.39, 0.29) is 12.5 Å². The number of anilines is 1. The Labute approximate surface area is 139 Å². The molecule has 0 aliphatic rings. The first kappa shape index (κ1) is 15.6. The number of hydrogen-bond acceptors (Lipinski definition) is 4. The number of fused-ring (bicyclic) bond motifs is 1. The van der Waals surface area contributed by atoms with Crippen molar-refractivity contribution in [2.24, 2.45) is 5.10 Å². The largest absolute Gasteiger partial charge is 0.465 e. The molecule has 2 N–H and O–H groups in total. The smallest absolute Gasteiger partial charge is 0.259 e. The summed E-state index contributed by atoms with van der Waals surface area (Å²) in [6.07, 6.45) is 6.54. The van der Waals surface area contributed by atoms with Gasteiger partial charge in [0.25, 0.3) is 5.91 Å². The van der Waals surface area contributed by atoms with Crippen molar-refractivity contribution in [1.29, 1.82) is 0 Å². The van der Waals surface area contributed by atoms with Crippen LogP contribution in [0.1, 0.15) is 5.76 Å². The minimum Gasteiger partial charge on any atom is -0.465 e. The third kappa shape index (κ3) is 4.10. The predicted molar refractivity (Wildman–Crippen MR) is 96.8 cm³/mol. The van der Waals surface area contributed by atoms with Crippen LogP contribution in [0.2, 0.25) is 0 Å². The third-order valence-electron chi connectivity index (χ3n) is 3.38. The number of carbonyl (C=O) groups is 1. The summed E-state index contributed by atoms with van der Waals surface area (Å²) < 4.78 is 5.14. The summed E-state index contributed by atoms with van der Waals surface area (Å²) in [5, 5.41) is 9.19. The highest BCUT2D eigenvalue weighted by molar-refractivity contribution is 5.95. The maximum absolute atomic E-state index is 11.8. The molecule has 24 heavy (non-hydrogen) atoms. The topological polar surface area (TPSA) is 66.6 Å². The minimum atomic E-state index is -0.217. The lowest BCUT2D eigenvalue weighted by Crippen LogP contribution is -2.25. The van der Waals surface area contributed by atoms with Gasteiger partial charge in [0.15, 0.2) is 0 Å². The van der Waals surface area contributed by atoms with E-state index in [9.17, 15) is 4.79 Å². The molecule has 5 nitrogen and oxygen atoms in total. The number of hydrazone groups is 1. The van der Waals surface area contributed by atoms with Crippen LogP contribution in [0.3, 0.4) is 0 Å². The summed E-state index contributed by atoms with van der Waals surface area (Å²) in [5.41, 5.74) is 3.39. The van der Waals surface area contributed by atoms with Crippen molar-refractivity contribution in [3.8, 4) is 0 Å². The SMILES string of the molecule is O=C(CNc1cccc2ccccc12)N/N=C/C=C/c1ccco1. The Bertz CT molecular complexity index is 862. The second-order valence-corrected chi connectivity index (χ2v) is 5.07. The molecule has 1 aromatic heterocycles. The normalized spacial score (nSPS) is 11.3. The van der Waals surface area contributed by atoms with Crippen molar-refractivity contribution >= 4 is 34.7 Å². The van der Waals surface area contributed by atoms with E-state index >= 15 is 0 Å². The third-order valence-corrected chi connectivity index (χ3v) is 3.38. The summed E-state index contributed by atoms with van der Waals surface area (Å²) in [6.45, 7) is 0.146. The van der Waals surface area contributed by atoms with E-state index in [0.717, 1.165) is 22.2 Å². The maximum atomic E-state index is 11.8.